The molecular weight excluding hydrogens is 292 g/mol. The standard InChI is InChI=1S/C19H32O4/c1-3-4-10-13-16(20)19-17(23-19)14-11-8-6-5-7-9-12-15-18(21)22-2/h7,9,12,15-17,19-20H,3-6,8,10-11,13-14H2,1-2H3. The van der Waals surface area contributed by atoms with Gasteiger partial charge in [-0.25, -0.2) is 4.79 Å². The highest BCUT2D eigenvalue weighted by Crippen LogP contribution is 2.32. The molecule has 0 saturated carbocycles. The quantitative estimate of drug-likeness (QED) is 0.183. The van der Waals surface area contributed by atoms with Crippen molar-refractivity contribution in [3.63, 3.8) is 0 Å². The van der Waals surface area contributed by atoms with Gasteiger partial charge in [-0.1, -0.05) is 57.3 Å². The van der Waals surface area contributed by atoms with Crippen molar-refractivity contribution in [1.82, 2.24) is 0 Å². The van der Waals surface area contributed by atoms with E-state index in [2.05, 4.69) is 17.7 Å². The van der Waals surface area contributed by atoms with Crippen LogP contribution in [-0.2, 0) is 14.3 Å². The molecule has 132 valence electrons. The number of aliphatic hydroxyl groups is 1. The van der Waals surface area contributed by atoms with Gasteiger partial charge in [0, 0.05) is 6.08 Å². The Morgan fingerprint density at radius 3 is 2.78 bits per heavy atom. The van der Waals surface area contributed by atoms with Gasteiger partial charge < -0.3 is 14.6 Å². The number of hydrogen-bond donors (Lipinski definition) is 1. The van der Waals surface area contributed by atoms with E-state index in [0.29, 0.717) is 0 Å². The third-order valence-electron chi connectivity index (χ3n) is 4.14. The van der Waals surface area contributed by atoms with Crippen LogP contribution in [0, 0.1) is 0 Å². The highest BCUT2D eigenvalue weighted by Gasteiger charge is 2.42. The van der Waals surface area contributed by atoms with E-state index in [-0.39, 0.29) is 24.3 Å². The van der Waals surface area contributed by atoms with Crippen LogP contribution in [0.25, 0.3) is 0 Å². The highest BCUT2D eigenvalue weighted by molar-refractivity contribution is 5.82. The summed E-state index contributed by atoms with van der Waals surface area (Å²) in [6.07, 6.45) is 17.0. The van der Waals surface area contributed by atoms with Gasteiger partial charge >= 0.3 is 5.97 Å². The Morgan fingerprint density at radius 2 is 2.04 bits per heavy atom. The number of carbonyl (C=O) groups is 1. The second-order valence-electron chi connectivity index (χ2n) is 6.15. The van der Waals surface area contributed by atoms with Gasteiger partial charge in [-0.3, -0.25) is 0 Å². The molecule has 1 rings (SSSR count). The summed E-state index contributed by atoms with van der Waals surface area (Å²) in [5, 5.41) is 9.99. The lowest BCUT2D eigenvalue weighted by atomic mass is 10.0. The molecule has 0 spiro atoms. The Hall–Kier alpha value is -1.13. The molecule has 3 atom stereocenters. The summed E-state index contributed by atoms with van der Waals surface area (Å²) in [6.45, 7) is 2.17. The fraction of sp³-hybridized carbons (Fsp3) is 0.737. The molecule has 0 amide bonds. The molecule has 4 heteroatoms. The van der Waals surface area contributed by atoms with Crippen molar-refractivity contribution >= 4 is 5.97 Å². The number of rotatable bonds is 13. The lowest BCUT2D eigenvalue weighted by molar-refractivity contribution is -0.134. The normalized spacial score (nSPS) is 21.9. The first-order valence-corrected chi connectivity index (χ1v) is 8.93. The Balaban J connectivity index is 1.93. The maximum atomic E-state index is 10.8. The zero-order chi connectivity index (χ0) is 16.9. The van der Waals surface area contributed by atoms with Crippen LogP contribution in [0.1, 0.15) is 64.7 Å². The number of epoxide rings is 1. The van der Waals surface area contributed by atoms with Crippen molar-refractivity contribution in [3.8, 4) is 0 Å². The van der Waals surface area contributed by atoms with E-state index in [1.165, 1.54) is 32.4 Å². The topological polar surface area (TPSA) is 59.1 Å². The van der Waals surface area contributed by atoms with Gasteiger partial charge in [-0.05, 0) is 25.7 Å². The Bertz CT molecular complexity index is 376. The zero-order valence-corrected chi connectivity index (χ0v) is 14.6. The summed E-state index contributed by atoms with van der Waals surface area (Å²) < 4.78 is 10.1. The average Bonchev–Trinajstić information content (AvgIpc) is 3.32. The molecule has 0 aliphatic carbocycles. The van der Waals surface area contributed by atoms with E-state index in [9.17, 15) is 9.90 Å². The van der Waals surface area contributed by atoms with Gasteiger partial charge in [-0.2, -0.15) is 0 Å². The maximum Gasteiger partial charge on any atom is 0.330 e. The second kappa shape index (κ2) is 12.3. The Labute approximate surface area is 140 Å². The van der Waals surface area contributed by atoms with Crippen molar-refractivity contribution < 1.29 is 19.4 Å². The molecule has 0 radical (unpaired) electrons. The minimum absolute atomic E-state index is 0.0928. The van der Waals surface area contributed by atoms with Gasteiger partial charge in [0.05, 0.1) is 19.3 Å². The first kappa shape index (κ1) is 19.9. The summed E-state index contributed by atoms with van der Waals surface area (Å²) in [5.41, 5.74) is 0. The smallest absolute Gasteiger partial charge is 0.330 e. The van der Waals surface area contributed by atoms with Crippen molar-refractivity contribution in [1.29, 1.82) is 0 Å². The van der Waals surface area contributed by atoms with E-state index < -0.39 is 0 Å². The highest BCUT2D eigenvalue weighted by atomic mass is 16.6. The number of hydrogen-bond acceptors (Lipinski definition) is 4. The first-order valence-electron chi connectivity index (χ1n) is 8.93. The molecule has 23 heavy (non-hydrogen) atoms. The third kappa shape index (κ3) is 9.57. The van der Waals surface area contributed by atoms with Crippen molar-refractivity contribution in [2.45, 2.75) is 83.0 Å². The number of ether oxygens (including phenoxy) is 2. The van der Waals surface area contributed by atoms with Crippen LogP contribution in [0.4, 0.5) is 0 Å². The number of allylic oxidation sites excluding steroid dienone is 3. The fourth-order valence-corrected chi connectivity index (χ4v) is 2.66. The molecule has 1 aliphatic heterocycles. The molecule has 1 N–H and O–H groups in total. The van der Waals surface area contributed by atoms with E-state index in [1.807, 2.05) is 6.08 Å². The summed E-state index contributed by atoms with van der Waals surface area (Å²) in [6, 6.07) is 0. The van der Waals surface area contributed by atoms with Crippen LogP contribution in [0.15, 0.2) is 24.3 Å². The molecule has 1 aliphatic rings. The Kier molecular flexibility index (Phi) is 10.7. The molecule has 1 heterocycles. The third-order valence-corrected chi connectivity index (χ3v) is 4.14. The van der Waals surface area contributed by atoms with Crippen LogP contribution >= 0.6 is 0 Å². The van der Waals surface area contributed by atoms with Gasteiger partial charge in [-0.15, -0.1) is 0 Å². The Morgan fingerprint density at radius 1 is 1.22 bits per heavy atom. The lowest BCUT2D eigenvalue weighted by Gasteiger charge is -2.06. The van der Waals surface area contributed by atoms with Crippen molar-refractivity contribution in [2.24, 2.45) is 0 Å². The van der Waals surface area contributed by atoms with Gasteiger partial charge in [0.15, 0.2) is 0 Å². The molecule has 0 bridgehead atoms. The second-order valence-corrected chi connectivity index (χ2v) is 6.15. The number of aliphatic hydroxyl groups excluding tert-OH is 1. The summed E-state index contributed by atoms with van der Waals surface area (Å²) in [7, 11) is 1.37. The van der Waals surface area contributed by atoms with E-state index in [0.717, 1.165) is 38.5 Å². The van der Waals surface area contributed by atoms with Crippen LogP contribution < -0.4 is 0 Å². The monoisotopic (exact) mass is 324 g/mol. The molecule has 0 aromatic heterocycles. The largest absolute Gasteiger partial charge is 0.466 e. The molecule has 0 aromatic rings. The van der Waals surface area contributed by atoms with Gasteiger partial charge in [0.25, 0.3) is 0 Å². The molecule has 1 fully saturated rings. The van der Waals surface area contributed by atoms with Crippen LogP contribution in [0.3, 0.4) is 0 Å². The SMILES string of the molecule is CCCCCC(O)C1OC1CCCCCC=CC=CC(=O)OC. The minimum Gasteiger partial charge on any atom is -0.466 e. The number of methoxy groups -OCH3 is 1. The minimum atomic E-state index is -0.328. The number of unbranched alkanes of at least 4 members (excludes halogenated alkanes) is 5. The number of carbonyl (C=O) groups excluding carboxylic acids is 1. The molecule has 4 nitrogen and oxygen atoms in total. The summed E-state index contributed by atoms with van der Waals surface area (Å²) in [5.74, 6) is -0.328. The van der Waals surface area contributed by atoms with Gasteiger partial charge in [0.1, 0.15) is 6.10 Å². The maximum absolute atomic E-state index is 10.8. The predicted octanol–water partition coefficient (Wildman–Crippen LogP) is 3.93. The zero-order valence-electron chi connectivity index (χ0n) is 14.6. The average molecular weight is 324 g/mol. The molecule has 0 aromatic carbocycles. The van der Waals surface area contributed by atoms with Crippen molar-refractivity contribution in [2.75, 3.05) is 7.11 Å². The molecule has 1 saturated heterocycles. The first-order chi connectivity index (χ1) is 11.2. The van der Waals surface area contributed by atoms with E-state index in [1.54, 1.807) is 6.08 Å². The summed E-state index contributed by atoms with van der Waals surface area (Å²) in [4.78, 5) is 10.8. The van der Waals surface area contributed by atoms with Crippen LogP contribution in [-0.4, -0.2) is 36.5 Å². The lowest BCUT2D eigenvalue weighted by Crippen LogP contribution is -2.16. The summed E-state index contributed by atoms with van der Waals surface area (Å²) >= 11 is 0. The van der Waals surface area contributed by atoms with Crippen LogP contribution in [0.5, 0.6) is 0 Å². The van der Waals surface area contributed by atoms with Crippen molar-refractivity contribution in [3.05, 3.63) is 24.3 Å². The van der Waals surface area contributed by atoms with E-state index in [4.69, 9.17) is 4.74 Å². The van der Waals surface area contributed by atoms with Crippen LogP contribution in [0.2, 0.25) is 0 Å². The molecule has 3 unspecified atom stereocenters. The fourth-order valence-electron chi connectivity index (χ4n) is 2.66. The van der Waals surface area contributed by atoms with E-state index >= 15 is 0 Å². The predicted molar refractivity (Wildman–Crippen MR) is 92.2 cm³/mol. The van der Waals surface area contributed by atoms with Gasteiger partial charge in [0.2, 0.25) is 0 Å². The number of esters is 1. The molecular formula is C19H32O4.